The lowest BCUT2D eigenvalue weighted by molar-refractivity contribution is -0.136. The van der Waals surface area contributed by atoms with Gasteiger partial charge in [0, 0.05) is 11.1 Å². The summed E-state index contributed by atoms with van der Waals surface area (Å²) >= 11 is 0. The van der Waals surface area contributed by atoms with Crippen molar-refractivity contribution in [1.82, 2.24) is 0 Å². The van der Waals surface area contributed by atoms with E-state index in [2.05, 4.69) is 0 Å². The molecule has 1 N–H and O–H groups in total. The predicted octanol–water partition coefficient (Wildman–Crippen LogP) is 2.15. The molecule has 0 amide bonds. The normalized spacial score (nSPS) is 11.8. The number of ketones is 1. The number of ether oxygens (including phenoxy) is 2. The molecule has 23 heavy (non-hydrogen) atoms. The van der Waals surface area contributed by atoms with Gasteiger partial charge in [0.1, 0.15) is 0 Å². The molecular formula is C17H11NO5. The molecule has 0 bridgehead atoms. The number of fused-ring (bicyclic) bond motifs is 1. The predicted molar refractivity (Wildman–Crippen MR) is 78.5 cm³/mol. The molecule has 0 fully saturated rings. The zero-order valence-electron chi connectivity index (χ0n) is 11.9. The lowest BCUT2D eigenvalue weighted by Crippen LogP contribution is -2.09. The third kappa shape index (κ3) is 2.85. The lowest BCUT2D eigenvalue weighted by Gasteiger charge is -2.09. The summed E-state index contributed by atoms with van der Waals surface area (Å²) in [7, 11) is 0. The average Bonchev–Trinajstić information content (AvgIpc) is 3.00. The molecule has 0 saturated heterocycles. The summed E-state index contributed by atoms with van der Waals surface area (Å²) in [5, 5.41) is 17.8. The zero-order chi connectivity index (χ0) is 16.4. The first-order valence-corrected chi connectivity index (χ1v) is 6.77. The molecule has 0 radical (unpaired) electrons. The monoisotopic (exact) mass is 309 g/mol. The van der Waals surface area contributed by atoms with Crippen molar-refractivity contribution in [3.8, 4) is 17.6 Å². The van der Waals surface area contributed by atoms with E-state index >= 15 is 0 Å². The SMILES string of the molecule is N#Cc1ccc(C(=O)c2cc3c(cc2CC(=O)O)OCO3)cc1. The van der Waals surface area contributed by atoms with E-state index in [4.69, 9.17) is 19.8 Å². The molecule has 0 spiro atoms. The minimum atomic E-state index is -1.04. The number of carboxylic acids is 1. The zero-order valence-corrected chi connectivity index (χ0v) is 11.9. The van der Waals surface area contributed by atoms with Crippen molar-refractivity contribution >= 4 is 11.8 Å². The number of aliphatic carboxylic acids is 1. The van der Waals surface area contributed by atoms with E-state index in [1.807, 2.05) is 6.07 Å². The summed E-state index contributed by atoms with van der Waals surface area (Å²) in [6.07, 6.45) is -0.298. The smallest absolute Gasteiger partial charge is 0.307 e. The van der Waals surface area contributed by atoms with Crippen LogP contribution in [0.25, 0.3) is 0 Å². The van der Waals surface area contributed by atoms with Crippen molar-refractivity contribution in [2.24, 2.45) is 0 Å². The number of carboxylic acid groups (broad SMARTS) is 1. The number of rotatable bonds is 4. The van der Waals surface area contributed by atoms with Crippen molar-refractivity contribution in [3.63, 3.8) is 0 Å². The Morgan fingerprint density at radius 1 is 1.13 bits per heavy atom. The van der Waals surface area contributed by atoms with Gasteiger partial charge in [-0.25, -0.2) is 0 Å². The molecule has 2 aromatic rings. The van der Waals surface area contributed by atoms with Crippen LogP contribution in [0, 0.1) is 11.3 Å². The van der Waals surface area contributed by atoms with E-state index < -0.39 is 5.97 Å². The highest BCUT2D eigenvalue weighted by molar-refractivity contribution is 6.10. The summed E-state index contributed by atoms with van der Waals surface area (Å²) in [6, 6.07) is 11.2. The quantitative estimate of drug-likeness (QED) is 0.869. The molecule has 6 nitrogen and oxygen atoms in total. The van der Waals surface area contributed by atoms with Gasteiger partial charge >= 0.3 is 5.97 Å². The molecule has 1 aliphatic heterocycles. The van der Waals surface area contributed by atoms with E-state index in [1.165, 1.54) is 36.4 Å². The van der Waals surface area contributed by atoms with Crippen LogP contribution in [-0.4, -0.2) is 23.7 Å². The Kier molecular flexibility index (Phi) is 3.69. The topological polar surface area (TPSA) is 96.6 Å². The van der Waals surface area contributed by atoms with Crippen molar-refractivity contribution in [2.75, 3.05) is 6.79 Å². The number of nitriles is 1. The second-order valence-electron chi connectivity index (χ2n) is 4.95. The van der Waals surface area contributed by atoms with Crippen molar-refractivity contribution in [2.45, 2.75) is 6.42 Å². The Morgan fingerprint density at radius 2 is 1.78 bits per heavy atom. The van der Waals surface area contributed by atoms with E-state index in [1.54, 1.807) is 0 Å². The minimum Gasteiger partial charge on any atom is -0.481 e. The van der Waals surface area contributed by atoms with Crippen LogP contribution < -0.4 is 9.47 Å². The molecule has 0 saturated carbocycles. The van der Waals surface area contributed by atoms with E-state index in [0.717, 1.165) is 0 Å². The van der Waals surface area contributed by atoms with Crippen molar-refractivity contribution in [3.05, 3.63) is 58.7 Å². The molecule has 2 aromatic carbocycles. The molecule has 6 heteroatoms. The van der Waals surface area contributed by atoms with Crippen LogP contribution in [0.15, 0.2) is 36.4 Å². The standard InChI is InChI=1S/C17H11NO5/c18-8-10-1-3-11(4-2-10)17(21)13-7-15-14(22-9-23-15)5-12(13)6-16(19)20/h1-5,7H,6,9H2,(H,19,20). The van der Waals surface area contributed by atoms with Crippen molar-refractivity contribution in [1.29, 1.82) is 5.26 Å². The van der Waals surface area contributed by atoms with Gasteiger partial charge in [-0.1, -0.05) is 0 Å². The van der Waals surface area contributed by atoms with E-state index in [-0.39, 0.29) is 24.6 Å². The number of carbonyl (C=O) groups excluding carboxylic acids is 1. The number of hydrogen-bond donors (Lipinski definition) is 1. The molecule has 3 rings (SSSR count). The van der Waals surface area contributed by atoms with Gasteiger partial charge in [0.15, 0.2) is 17.3 Å². The second-order valence-corrected chi connectivity index (χ2v) is 4.95. The fourth-order valence-electron chi connectivity index (χ4n) is 2.36. The van der Waals surface area contributed by atoms with E-state index in [0.29, 0.717) is 28.2 Å². The molecule has 0 aromatic heterocycles. The molecule has 114 valence electrons. The Bertz CT molecular complexity index is 833. The Labute approximate surface area is 131 Å². The first-order valence-electron chi connectivity index (χ1n) is 6.77. The molecular weight excluding hydrogens is 298 g/mol. The van der Waals surface area contributed by atoms with Crippen LogP contribution in [0.4, 0.5) is 0 Å². The summed E-state index contributed by atoms with van der Waals surface area (Å²) in [6.45, 7) is 0.0381. The largest absolute Gasteiger partial charge is 0.481 e. The molecule has 0 atom stereocenters. The Morgan fingerprint density at radius 3 is 2.39 bits per heavy atom. The Hall–Kier alpha value is -3.33. The van der Waals surface area contributed by atoms with Crippen LogP contribution in [0.5, 0.6) is 11.5 Å². The third-order valence-corrected chi connectivity index (χ3v) is 3.46. The van der Waals surface area contributed by atoms with Crippen LogP contribution in [0.1, 0.15) is 27.0 Å². The number of benzene rings is 2. The molecule has 1 aliphatic rings. The van der Waals surface area contributed by atoms with Crippen LogP contribution >= 0.6 is 0 Å². The van der Waals surface area contributed by atoms with Crippen LogP contribution in [0.2, 0.25) is 0 Å². The van der Waals surface area contributed by atoms with Gasteiger partial charge in [0.05, 0.1) is 18.1 Å². The van der Waals surface area contributed by atoms with Gasteiger partial charge < -0.3 is 14.6 Å². The van der Waals surface area contributed by atoms with E-state index in [9.17, 15) is 9.59 Å². The summed E-state index contributed by atoms with van der Waals surface area (Å²) in [5.41, 5.74) is 1.42. The van der Waals surface area contributed by atoms with Crippen molar-refractivity contribution < 1.29 is 24.2 Å². The highest BCUT2D eigenvalue weighted by atomic mass is 16.7. The molecule has 1 heterocycles. The van der Waals surface area contributed by atoms with Crippen LogP contribution in [0.3, 0.4) is 0 Å². The maximum absolute atomic E-state index is 12.7. The molecule has 0 unspecified atom stereocenters. The third-order valence-electron chi connectivity index (χ3n) is 3.46. The maximum Gasteiger partial charge on any atom is 0.307 e. The summed E-state index contributed by atoms with van der Waals surface area (Å²) in [4.78, 5) is 23.7. The Balaban J connectivity index is 2.04. The first kappa shape index (κ1) is 14.6. The maximum atomic E-state index is 12.7. The minimum absolute atomic E-state index is 0.0381. The molecule has 0 aliphatic carbocycles. The van der Waals surface area contributed by atoms with Crippen LogP contribution in [-0.2, 0) is 11.2 Å². The van der Waals surface area contributed by atoms with Gasteiger partial charge in [-0.3, -0.25) is 9.59 Å². The lowest BCUT2D eigenvalue weighted by atomic mass is 9.95. The average molecular weight is 309 g/mol. The number of nitrogens with zero attached hydrogens (tertiary/aromatic N) is 1. The van der Waals surface area contributed by atoms with Gasteiger partial charge in [0.2, 0.25) is 6.79 Å². The van der Waals surface area contributed by atoms with Gasteiger partial charge in [-0.15, -0.1) is 0 Å². The second kappa shape index (κ2) is 5.81. The van der Waals surface area contributed by atoms with Gasteiger partial charge in [0.25, 0.3) is 0 Å². The van der Waals surface area contributed by atoms with Gasteiger partial charge in [-0.05, 0) is 42.0 Å². The summed E-state index contributed by atoms with van der Waals surface area (Å²) < 4.78 is 10.5. The highest BCUT2D eigenvalue weighted by Gasteiger charge is 2.22. The fourth-order valence-corrected chi connectivity index (χ4v) is 2.36. The fraction of sp³-hybridized carbons (Fsp3) is 0.118. The number of carbonyl (C=O) groups is 2. The highest BCUT2D eigenvalue weighted by Crippen LogP contribution is 2.35. The first-order chi connectivity index (χ1) is 11.1. The van der Waals surface area contributed by atoms with Gasteiger partial charge in [-0.2, -0.15) is 5.26 Å². The number of hydrogen-bond acceptors (Lipinski definition) is 5. The summed E-state index contributed by atoms with van der Waals surface area (Å²) in [5.74, 6) is -0.532.